The monoisotopic (exact) mass is 184 g/mol. The van der Waals surface area contributed by atoms with E-state index in [-0.39, 0.29) is 4.87 Å². The molecule has 1 rings (SSSR count). The summed E-state index contributed by atoms with van der Waals surface area (Å²) >= 11 is 1.20. The van der Waals surface area contributed by atoms with Crippen LogP contribution in [0.3, 0.4) is 0 Å². The zero-order chi connectivity index (χ0) is 8.81. The summed E-state index contributed by atoms with van der Waals surface area (Å²) in [5.74, 6) is 0. The first kappa shape index (κ1) is 9.22. The smallest absolute Gasteiger partial charge is 0.304 e. The van der Waals surface area contributed by atoms with Gasteiger partial charge in [-0.1, -0.05) is 17.4 Å². The van der Waals surface area contributed by atoms with E-state index >= 15 is 0 Å². The maximum Gasteiger partial charge on any atom is 0.304 e. The minimum Gasteiger partial charge on any atom is -0.315 e. The number of nitrogens with one attached hydrogen (secondary N) is 2. The van der Waals surface area contributed by atoms with Crippen molar-refractivity contribution in [2.75, 3.05) is 6.54 Å². The maximum absolute atomic E-state index is 10.7. The van der Waals surface area contributed by atoms with Gasteiger partial charge in [0.2, 0.25) is 0 Å². The van der Waals surface area contributed by atoms with Crippen molar-refractivity contribution in [3.05, 3.63) is 33.4 Å². The predicted octanol–water partition coefficient (Wildman–Crippen LogP) is 1.10. The summed E-state index contributed by atoms with van der Waals surface area (Å²) in [6.07, 6.45) is 2.82. The molecule has 0 aromatic carbocycles. The van der Waals surface area contributed by atoms with Gasteiger partial charge >= 0.3 is 4.87 Å². The van der Waals surface area contributed by atoms with E-state index in [1.165, 1.54) is 11.3 Å². The molecule has 0 bridgehead atoms. The fraction of sp³-hybridized carbons (Fsp3) is 0.375. The molecule has 2 N–H and O–H groups in total. The third-order valence-electron chi connectivity index (χ3n) is 1.41. The first-order valence-corrected chi connectivity index (χ1v) is 4.69. The lowest BCUT2D eigenvalue weighted by molar-refractivity contribution is 0.685. The lowest BCUT2D eigenvalue weighted by atomic mass is 10.4. The van der Waals surface area contributed by atoms with E-state index in [4.69, 9.17) is 0 Å². The molecule has 1 aromatic heterocycles. The second-order valence-corrected chi connectivity index (χ2v) is 3.27. The Morgan fingerprint density at radius 1 is 1.75 bits per heavy atom. The van der Waals surface area contributed by atoms with E-state index in [1.54, 1.807) is 0 Å². The third-order valence-corrected chi connectivity index (χ3v) is 2.13. The first-order valence-electron chi connectivity index (χ1n) is 3.81. The SMILES string of the molecule is C=CCCNCc1csc(=O)[nH]1. The molecule has 0 unspecified atom stereocenters. The van der Waals surface area contributed by atoms with Crippen molar-refractivity contribution in [3.63, 3.8) is 0 Å². The Labute approximate surface area is 75.1 Å². The minimum absolute atomic E-state index is 0.00974. The highest BCUT2D eigenvalue weighted by atomic mass is 32.1. The molecule has 0 amide bonds. The van der Waals surface area contributed by atoms with E-state index in [2.05, 4.69) is 16.9 Å². The third kappa shape index (κ3) is 3.02. The molecule has 66 valence electrons. The molecule has 0 aliphatic carbocycles. The van der Waals surface area contributed by atoms with Crippen LogP contribution in [0.2, 0.25) is 0 Å². The van der Waals surface area contributed by atoms with Crippen LogP contribution in [-0.4, -0.2) is 11.5 Å². The fourth-order valence-electron chi connectivity index (χ4n) is 0.828. The highest BCUT2D eigenvalue weighted by Gasteiger charge is 1.93. The predicted molar refractivity (Wildman–Crippen MR) is 51.5 cm³/mol. The van der Waals surface area contributed by atoms with E-state index in [0.29, 0.717) is 0 Å². The average molecular weight is 184 g/mol. The maximum atomic E-state index is 10.7. The molecule has 0 aliphatic rings. The molecular weight excluding hydrogens is 172 g/mol. The van der Waals surface area contributed by atoms with Gasteiger partial charge in [-0.3, -0.25) is 4.79 Å². The Balaban J connectivity index is 2.24. The molecule has 3 nitrogen and oxygen atoms in total. The Morgan fingerprint density at radius 3 is 3.17 bits per heavy atom. The minimum atomic E-state index is 0.00974. The number of rotatable bonds is 5. The van der Waals surface area contributed by atoms with Gasteiger partial charge < -0.3 is 10.3 Å². The molecule has 12 heavy (non-hydrogen) atoms. The van der Waals surface area contributed by atoms with Crippen molar-refractivity contribution >= 4 is 11.3 Å². The standard InChI is InChI=1S/C8H12N2OS/c1-2-3-4-9-5-7-6-12-8(11)10-7/h2,6,9H,1,3-5H2,(H,10,11). The van der Waals surface area contributed by atoms with Crippen molar-refractivity contribution in [2.45, 2.75) is 13.0 Å². The largest absolute Gasteiger partial charge is 0.315 e. The summed E-state index contributed by atoms with van der Waals surface area (Å²) in [4.78, 5) is 13.4. The zero-order valence-corrected chi connectivity index (χ0v) is 7.62. The van der Waals surface area contributed by atoms with Crippen LogP contribution in [0.4, 0.5) is 0 Å². The molecule has 0 fully saturated rings. The van der Waals surface area contributed by atoms with Gasteiger partial charge in [0.05, 0.1) is 0 Å². The summed E-state index contributed by atoms with van der Waals surface area (Å²) in [5, 5.41) is 5.02. The van der Waals surface area contributed by atoms with Crippen LogP contribution in [0.15, 0.2) is 22.8 Å². The average Bonchev–Trinajstić information content (AvgIpc) is 2.45. The van der Waals surface area contributed by atoms with Crippen molar-refractivity contribution in [1.82, 2.24) is 10.3 Å². The van der Waals surface area contributed by atoms with Gasteiger partial charge in [-0.15, -0.1) is 6.58 Å². The van der Waals surface area contributed by atoms with Crippen molar-refractivity contribution in [1.29, 1.82) is 0 Å². The molecule has 4 heteroatoms. The second kappa shape index (κ2) is 4.90. The summed E-state index contributed by atoms with van der Waals surface area (Å²) < 4.78 is 0. The quantitative estimate of drug-likeness (QED) is 0.531. The fourth-order valence-corrected chi connectivity index (χ4v) is 1.41. The molecule has 0 saturated heterocycles. The molecule has 0 atom stereocenters. The van der Waals surface area contributed by atoms with E-state index in [0.717, 1.165) is 25.2 Å². The van der Waals surface area contributed by atoms with E-state index in [9.17, 15) is 4.79 Å². The van der Waals surface area contributed by atoms with Gasteiger partial charge in [0, 0.05) is 17.6 Å². The van der Waals surface area contributed by atoms with Crippen LogP contribution in [0.5, 0.6) is 0 Å². The summed E-state index contributed by atoms with van der Waals surface area (Å²) in [5.41, 5.74) is 0.953. The number of aromatic amines is 1. The van der Waals surface area contributed by atoms with Crippen LogP contribution < -0.4 is 10.2 Å². The number of hydrogen-bond donors (Lipinski definition) is 2. The van der Waals surface area contributed by atoms with Gasteiger partial charge in [0.1, 0.15) is 0 Å². The van der Waals surface area contributed by atoms with E-state index in [1.807, 2.05) is 11.5 Å². The molecule has 0 radical (unpaired) electrons. The number of H-pyrrole nitrogens is 1. The first-order chi connectivity index (χ1) is 5.83. The molecule has 1 heterocycles. The van der Waals surface area contributed by atoms with Gasteiger partial charge in [0.25, 0.3) is 0 Å². The summed E-state index contributed by atoms with van der Waals surface area (Å²) in [6.45, 7) is 5.25. The van der Waals surface area contributed by atoms with Gasteiger partial charge in [-0.2, -0.15) is 0 Å². The van der Waals surface area contributed by atoms with Crippen molar-refractivity contribution < 1.29 is 0 Å². The highest BCUT2D eigenvalue weighted by molar-refractivity contribution is 7.07. The number of aromatic nitrogens is 1. The second-order valence-electron chi connectivity index (χ2n) is 2.43. The van der Waals surface area contributed by atoms with Gasteiger partial charge in [-0.25, -0.2) is 0 Å². The molecular formula is C8H12N2OS. The topological polar surface area (TPSA) is 44.9 Å². The van der Waals surface area contributed by atoms with Gasteiger partial charge in [-0.05, 0) is 13.0 Å². The zero-order valence-electron chi connectivity index (χ0n) is 6.80. The lowest BCUT2D eigenvalue weighted by Crippen LogP contribution is -2.14. The molecule has 1 aromatic rings. The highest BCUT2D eigenvalue weighted by Crippen LogP contribution is 1.93. The Morgan fingerprint density at radius 2 is 2.58 bits per heavy atom. The van der Waals surface area contributed by atoms with E-state index < -0.39 is 0 Å². The van der Waals surface area contributed by atoms with Crippen LogP contribution in [-0.2, 0) is 6.54 Å². The van der Waals surface area contributed by atoms with Crippen LogP contribution in [0.25, 0.3) is 0 Å². The summed E-state index contributed by atoms with van der Waals surface area (Å²) in [7, 11) is 0. The molecule has 0 saturated carbocycles. The molecule has 0 aliphatic heterocycles. The normalized spacial score (nSPS) is 10.0. The van der Waals surface area contributed by atoms with Crippen LogP contribution >= 0.6 is 11.3 Å². The number of hydrogen-bond acceptors (Lipinski definition) is 3. The summed E-state index contributed by atoms with van der Waals surface area (Å²) in [6, 6.07) is 0. The lowest BCUT2D eigenvalue weighted by Gasteiger charge is -1.98. The Hall–Kier alpha value is -0.870. The number of thiazole rings is 1. The van der Waals surface area contributed by atoms with Crippen LogP contribution in [0.1, 0.15) is 12.1 Å². The van der Waals surface area contributed by atoms with Crippen LogP contribution in [0, 0.1) is 0 Å². The van der Waals surface area contributed by atoms with Crippen molar-refractivity contribution in [2.24, 2.45) is 0 Å². The molecule has 0 spiro atoms. The Bertz CT molecular complexity index is 289. The Kier molecular flexibility index (Phi) is 3.76. The van der Waals surface area contributed by atoms with Crippen molar-refractivity contribution in [3.8, 4) is 0 Å². The van der Waals surface area contributed by atoms with Gasteiger partial charge in [0.15, 0.2) is 0 Å².